The molecule has 0 unspecified atom stereocenters. The standard InChI is InChI=1S/C7H8ClNO3/c8-6-2-1-5(12-6)3-9-4-7(10)11/h1-2,9H,3-4H2,(H,10,11). The van der Waals surface area contributed by atoms with Crippen molar-refractivity contribution in [3.05, 3.63) is 23.1 Å². The zero-order valence-corrected chi connectivity index (χ0v) is 6.97. The molecule has 1 heterocycles. The summed E-state index contributed by atoms with van der Waals surface area (Å²) in [5.41, 5.74) is 0. The van der Waals surface area contributed by atoms with Crippen LogP contribution in [-0.4, -0.2) is 17.6 Å². The molecule has 0 aliphatic rings. The maximum atomic E-state index is 10.1. The number of halogens is 1. The van der Waals surface area contributed by atoms with Gasteiger partial charge in [0.2, 0.25) is 0 Å². The summed E-state index contributed by atoms with van der Waals surface area (Å²) in [4.78, 5) is 10.1. The fourth-order valence-electron chi connectivity index (χ4n) is 0.739. The highest BCUT2D eigenvalue weighted by Gasteiger charge is 2.00. The van der Waals surface area contributed by atoms with E-state index in [1.54, 1.807) is 12.1 Å². The molecule has 0 bridgehead atoms. The molecule has 0 atom stereocenters. The average Bonchev–Trinajstić information content (AvgIpc) is 2.35. The molecule has 2 N–H and O–H groups in total. The Morgan fingerprint density at radius 2 is 2.42 bits per heavy atom. The minimum atomic E-state index is -0.896. The minimum absolute atomic E-state index is 0.0850. The molecule has 0 aliphatic heterocycles. The van der Waals surface area contributed by atoms with Crippen LogP contribution >= 0.6 is 11.6 Å². The van der Waals surface area contributed by atoms with Gasteiger partial charge in [-0.25, -0.2) is 0 Å². The van der Waals surface area contributed by atoms with Gasteiger partial charge in [-0.2, -0.15) is 0 Å². The molecule has 0 saturated heterocycles. The number of carboxylic acids is 1. The molecular weight excluding hydrogens is 182 g/mol. The molecule has 5 heteroatoms. The van der Waals surface area contributed by atoms with E-state index in [-0.39, 0.29) is 6.54 Å². The Balaban J connectivity index is 2.29. The summed E-state index contributed by atoms with van der Waals surface area (Å²) in [5.74, 6) is -0.270. The third-order valence-electron chi connectivity index (χ3n) is 1.20. The van der Waals surface area contributed by atoms with Gasteiger partial charge in [0.25, 0.3) is 0 Å². The number of carboxylic acid groups (broad SMARTS) is 1. The van der Waals surface area contributed by atoms with E-state index in [2.05, 4.69) is 5.32 Å². The number of furan rings is 1. The van der Waals surface area contributed by atoms with Crippen molar-refractivity contribution >= 4 is 17.6 Å². The van der Waals surface area contributed by atoms with Gasteiger partial charge in [-0.3, -0.25) is 10.1 Å². The second kappa shape index (κ2) is 4.13. The Kier molecular flexibility index (Phi) is 3.13. The van der Waals surface area contributed by atoms with E-state index in [9.17, 15) is 4.79 Å². The molecule has 0 amide bonds. The van der Waals surface area contributed by atoms with Gasteiger partial charge in [0.05, 0.1) is 13.1 Å². The topological polar surface area (TPSA) is 62.5 Å². The van der Waals surface area contributed by atoms with Crippen molar-refractivity contribution in [2.24, 2.45) is 0 Å². The van der Waals surface area contributed by atoms with Gasteiger partial charge in [-0.15, -0.1) is 0 Å². The van der Waals surface area contributed by atoms with E-state index in [1.165, 1.54) is 0 Å². The smallest absolute Gasteiger partial charge is 0.317 e. The zero-order valence-electron chi connectivity index (χ0n) is 6.21. The van der Waals surface area contributed by atoms with Crippen LogP contribution in [0.25, 0.3) is 0 Å². The predicted octanol–water partition coefficient (Wildman–Crippen LogP) is 1.11. The summed E-state index contributed by atoms with van der Waals surface area (Å²) in [6.07, 6.45) is 0. The monoisotopic (exact) mass is 189 g/mol. The fourth-order valence-corrected chi connectivity index (χ4v) is 0.901. The lowest BCUT2D eigenvalue weighted by atomic mass is 10.4. The number of hydrogen-bond donors (Lipinski definition) is 2. The first kappa shape index (κ1) is 9.09. The second-order valence-electron chi connectivity index (χ2n) is 2.20. The quantitative estimate of drug-likeness (QED) is 0.745. The Bertz CT molecular complexity index is 271. The van der Waals surface area contributed by atoms with Crippen molar-refractivity contribution in [2.45, 2.75) is 6.54 Å². The average molecular weight is 190 g/mol. The number of aliphatic carboxylic acids is 1. The van der Waals surface area contributed by atoms with Crippen LogP contribution < -0.4 is 5.32 Å². The molecule has 0 aliphatic carbocycles. The Hall–Kier alpha value is -1.00. The molecule has 4 nitrogen and oxygen atoms in total. The molecule has 0 spiro atoms. The van der Waals surface area contributed by atoms with E-state index in [1.807, 2.05) is 0 Å². The van der Waals surface area contributed by atoms with Gasteiger partial charge in [0, 0.05) is 0 Å². The maximum Gasteiger partial charge on any atom is 0.317 e. The summed E-state index contributed by atoms with van der Waals surface area (Å²) in [6.45, 7) is 0.289. The lowest BCUT2D eigenvalue weighted by molar-refractivity contribution is -0.136. The maximum absolute atomic E-state index is 10.1. The summed E-state index contributed by atoms with van der Waals surface area (Å²) >= 11 is 5.49. The summed E-state index contributed by atoms with van der Waals surface area (Å²) < 4.78 is 4.98. The lowest BCUT2D eigenvalue weighted by Gasteiger charge is -1.96. The van der Waals surface area contributed by atoms with Crippen LogP contribution in [0.3, 0.4) is 0 Å². The lowest BCUT2D eigenvalue weighted by Crippen LogP contribution is -2.21. The van der Waals surface area contributed by atoms with Crippen molar-refractivity contribution < 1.29 is 14.3 Å². The van der Waals surface area contributed by atoms with Crippen LogP contribution in [0.4, 0.5) is 0 Å². The molecule has 0 aromatic carbocycles. The highest BCUT2D eigenvalue weighted by atomic mass is 35.5. The van der Waals surface area contributed by atoms with E-state index >= 15 is 0 Å². The zero-order chi connectivity index (χ0) is 8.97. The van der Waals surface area contributed by atoms with Crippen molar-refractivity contribution in [3.8, 4) is 0 Å². The summed E-state index contributed by atoms with van der Waals surface area (Å²) in [5, 5.41) is 11.2. The van der Waals surface area contributed by atoms with Crippen LogP contribution in [0.2, 0.25) is 5.22 Å². The third kappa shape index (κ3) is 2.94. The van der Waals surface area contributed by atoms with Crippen LogP contribution in [0, 0.1) is 0 Å². The largest absolute Gasteiger partial charge is 0.480 e. The van der Waals surface area contributed by atoms with Crippen LogP contribution in [0.5, 0.6) is 0 Å². The normalized spacial score (nSPS) is 10.1. The number of nitrogens with one attached hydrogen (secondary N) is 1. The third-order valence-corrected chi connectivity index (χ3v) is 1.41. The van der Waals surface area contributed by atoms with Crippen molar-refractivity contribution in [2.75, 3.05) is 6.54 Å². The highest BCUT2D eigenvalue weighted by molar-refractivity contribution is 6.28. The number of carbonyl (C=O) groups is 1. The molecule has 0 fully saturated rings. The minimum Gasteiger partial charge on any atom is -0.480 e. The molecule has 66 valence electrons. The highest BCUT2D eigenvalue weighted by Crippen LogP contribution is 2.12. The Labute approximate surface area is 74.1 Å². The molecule has 0 radical (unpaired) electrons. The van der Waals surface area contributed by atoms with Crippen molar-refractivity contribution in [1.82, 2.24) is 5.32 Å². The van der Waals surface area contributed by atoms with E-state index in [0.717, 1.165) is 0 Å². The SMILES string of the molecule is O=C(O)CNCc1ccc(Cl)o1. The Morgan fingerprint density at radius 1 is 1.67 bits per heavy atom. The first-order valence-electron chi connectivity index (χ1n) is 3.35. The van der Waals surface area contributed by atoms with Crippen LogP contribution in [0.15, 0.2) is 16.5 Å². The van der Waals surface area contributed by atoms with E-state index in [0.29, 0.717) is 17.5 Å². The number of rotatable bonds is 4. The first-order valence-corrected chi connectivity index (χ1v) is 3.73. The fraction of sp³-hybridized carbons (Fsp3) is 0.286. The predicted molar refractivity (Wildman–Crippen MR) is 43.1 cm³/mol. The molecule has 1 aromatic heterocycles. The van der Waals surface area contributed by atoms with E-state index < -0.39 is 5.97 Å². The van der Waals surface area contributed by atoms with Gasteiger partial charge in [0.15, 0.2) is 5.22 Å². The summed E-state index contributed by atoms with van der Waals surface area (Å²) in [6, 6.07) is 3.30. The Morgan fingerprint density at radius 3 is 2.92 bits per heavy atom. The van der Waals surface area contributed by atoms with Crippen molar-refractivity contribution in [1.29, 1.82) is 0 Å². The van der Waals surface area contributed by atoms with Gasteiger partial charge in [0.1, 0.15) is 5.76 Å². The van der Waals surface area contributed by atoms with Crippen LogP contribution in [-0.2, 0) is 11.3 Å². The van der Waals surface area contributed by atoms with Gasteiger partial charge < -0.3 is 9.52 Å². The molecular formula is C7H8ClNO3. The van der Waals surface area contributed by atoms with Gasteiger partial charge >= 0.3 is 5.97 Å². The van der Waals surface area contributed by atoms with Crippen molar-refractivity contribution in [3.63, 3.8) is 0 Å². The molecule has 1 rings (SSSR count). The second-order valence-corrected chi connectivity index (χ2v) is 2.58. The number of hydrogen-bond acceptors (Lipinski definition) is 3. The van der Waals surface area contributed by atoms with Gasteiger partial charge in [-0.1, -0.05) is 0 Å². The molecule has 12 heavy (non-hydrogen) atoms. The molecule has 1 aromatic rings. The summed E-state index contributed by atoms with van der Waals surface area (Å²) in [7, 11) is 0. The van der Waals surface area contributed by atoms with Crippen LogP contribution in [0.1, 0.15) is 5.76 Å². The molecule has 0 saturated carbocycles. The van der Waals surface area contributed by atoms with E-state index in [4.69, 9.17) is 21.1 Å². The first-order chi connectivity index (χ1) is 5.68. The van der Waals surface area contributed by atoms with Gasteiger partial charge in [-0.05, 0) is 23.7 Å².